The molecule has 0 bridgehead atoms. The van der Waals surface area contributed by atoms with Crippen LogP contribution >= 0.6 is 0 Å². The fourth-order valence-corrected chi connectivity index (χ4v) is 5.63. The summed E-state index contributed by atoms with van der Waals surface area (Å²) in [5.74, 6) is 8.23. The molecule has 0 N–H and O–H groups in total. The van der Waals surface area contributed by atoms with Crippen LogP contribution in [0, 0.1) is 17.8 Å². The maximum atomic E-state index is 3.81. The topological polar surface area (TPSA) is 6.48 Å². The average Bonchev–Trinajstić information content (AvgIpc) is 3.42. The maximum absolute atomic E-state index is 3.81. The zero-order chi connectivity index (χ0) is 19.0. The van der Waals surface area contributed by atoms with Crippen LogP contribution in [-0.4, -0.2) is 48.1 Å². The Morgan fingerprint density at radius 2 is 1.64 bits per heavy atom. The van der Waals surface area contributed by atoms with Crippen molar-refractivity contribution in [1.82, 2.24) is 9.80 Å². The van der Waals surface area contributed by atoms with Crippen molar-refractivity contribution in [3.63, 3.8) is 0 Å². The fourth-order valence-electron chi connectivity index (χ4n) is 5.63. The summed E-state index contributed by atoms with van der Waals surface area (Å²) in [5, 5.41) is 0. The summed E-state index contributed by atoms with van der Waals surface area (Å²) in [6.07, 6.45) is 14.7. The Balaban J connectivity index is 1.41. The minimum Gasteiger partial charge on any atom is -0.302 e. The zero-order valence-electron chi connectivity index (χ0n) is 17.6. The third kappa shape index (κ3) is 5.40. The first-order valence-corrected chi connectivity index (χ1v) is 11.9. The van der Waals surface area contributed by atoms with Crippen LogP contribution in [0.4, 0.5) is 0 Å². The van der Waals surface area contributed by atoms with Crippen LogP contribution in [0.25, 0.3) is 0 Å². The number of hydrogen-bond acceptors (Lipinski definition) is 2. The monoisotopic (exact) mass is 378 g/mol. The van der Waals surface area contributed by atoms with E-state index in [0.717, 1.165) is 24.8 Å². The number of rotatable bonds is 6. The Hall–Kier alpha value is -1.30. The molecule has 0 radical (unpaired) electrons. The Morgan fingerprint density at radius 3 is 2.43 bits per heavy atom. The van der Waals surface area contributed by atoms with E-state index in [-0.39, 0.29) is 0 Å². The van der Waals surface area contributed by atoms with Crippen molar-refractivity contribution in [1.29, 1.82) is 0 Å². The van der Waals surface area contributed by atoms with E-state index in [0.29, 0.717) is 6.04 Å². The lowest BCUT2D eigenvalue weighted by Crippen LogP contribution is -2.47. The highest BCUT2D eigenvalue weighted by molar-refractivity contribution is 5.18. The molecule has 0 spiro atoms. The van der Waals surface area contributed by atoms with E-state index in [9.17, 15) is 0 Å². The maximum Gasteiger partial charge on any atom is 0.0745 e. The molecule has 3 aliphatic rings. The van der Waals surface area contributed by atoms with Crippen molar-refractivity contribution < 1.29 is 0 Å². The molecule has 4 rings (SSSR count). The van der Waals surface area contributed by atoms with Gasteiger partial charge in [0.1, 0.15) is 0 Å². The highest BCUT2D eigenvalue weighted by Crippen LogP contribution is 2.33. The molecule has 1 saturated carbocycles. The summed E-state index contributed by atoms with van der Waals surface area (Å²) in [5.41, 5.74) is 1.42. The first kappa shape index (κ1) is 20.0. The summed E-state index contributed by atoms with van der Waals surface area (Å²) < 4.78 is 0. The molecule has 2 saturated heterocycles. The van der Waals surface area contributed by atoms with Crippen molar-refractivity contribution >= 4 is 0 Å². The molecule has 0 amide bonds. The lowest BCUT2D eigenvalue weighted by atomic mass is 9.83. The summed E-state index contributed by atoms with van der Waals surface area (Å²) in [6.45, 7) is 5.20. The average molecular weight is 379 g/mol. The van der Waals surface area contributed by atoms with Crippen LogP contribution < -0.4 is 0 Å². The first-order chi connectivity index (χ1) is 13.9. The second-order valence-corrected chi connectivity index (χ2v) is 9.19. The van der Waals surface area contributed by atoms with E-state index in [2.05, 4.69) is 52.0 Å². The molecule has 2 nitrogen and oxygen atoms in total. The molecule has 2 heteroatoms. The van der Waals surface area contributed by atoms with Crippen LogP contribution in [0.1, 0.15) is 69.8 Å². The van der Waals surface area contributed by atoms with E-state index in [4.69, 9.17) is 0 Å². The minimum absolute atomic E-state index is 0.506. The highest BCUT2D eigenvalue weighted by atomic mass is 15.3. The van der Waals surface area contributed by atoms with Crippen molar-refractivity contribution in [3.05, 3.63) is 35.9 Å². The number of nitrogens with zero attached hydrogens (tertiary/aromatic N) is 2. The van der Waals surface area contributed by atoms with Crippen molar-refractivity contribution in [2.24, 2.45) is 5.92 Å². The molecular weight excluding hydrogens is 340 g/mol. The smallest absolute Gasteiger partial charge is 0.0745 e. The Kier molecular flexibility index (Phi) is 7.48. The highest BCUT2D eigenvalue weighted by Gasteiger charge is 2.35. The van der Waals surface area contributed by atoms with Crippen LogP contribution in [0.2, 0.25) is 0 Å². The van der Waals surface area contributed by atoms with Gasteiger partial charge in [0.05, 0.1) is 6.04 Å². The molecule has 3 fully saturated rings. The van der Waals surface area contributed by atoms with Crippen molar-refractivity contribution in [2.45, 2.75) is 82.7 Å². The molecule has 2 aliphatic heterocycles. The molecule has 2 atom stereocenters. The zero-order valence-corrected chi connectivity index (χ0v) is 17.6. The van der Waals surface area contributed by atoms with Gasteiger partial charge in [-0.15, -0.1) is 5.92 Å². The summed E-state index contributed by atoms with van der Waals surface area (Å²) in [6, 6.07) is 12.1. The van der Waals surface area contributed by atoms with E-state index < -0.39 is 0 Å². The summed E-state index contributed by atoms with van der Waals surface area (Å²) >= 11 is 0. The lowest BCUT2D eigenvalue weighted by Gasteiger charge is -2.38. The molecule has 0 unspecified atom stereocenters. The van der Waals surface area contributed by atoms with E-state index in [1.54, 1.807) is 0 Å². The minimum atomic E-state index is 0.506. The summed E-state index contributed by atoms with van der Waals surface area (Å²) in [4.78, 5) is 5.55. The van der Waals surface area contributed by atoms with Gasteiger partial charge in [0.2, 0.25) is 0 Å². The molecule has 1 aliphatic carbocycles. The Bertz CT molecular complexity index is 631. The molecule has 1 aromatic carbocycles. The van der Waals surface area contributed by atoms with Crippen LogP contribution in [0.3, 0.4) is 0 Å². The van der Waals surface area contributed by atoms with Gasteiger partial charge in [-0.05, 0) is 76.1 Å². The van der Waals surface area contributed by atoms with Gasteiger partial charge in [0.15, 0.2) is 0 Å². The standard InChI is InChI=1S/C26H38N2/c1-3-12-23(13-4-1)14-7-8-18-26(24-15-5-2-6-16-24)28-21-11-17-25(28)22-27-19-9-10-20-27/h1,3-4,12-13,24-26H,2,5-7,9-11,14-17,19-22H2/t25-,26+/m0/s1. The fraction of sp³-hybridized carbons (Fsp3) is 0.692. The third-order valence-corrected chi connectivity index (χ3v) is 7.18. The second-order valence-electron chi connectivity index (χ2n) is 9.19. The van der Waals surface area contributed by atoms with Gasteiger partial charge in [-0.1, -0.05) is 55.5 Å². The number of aryl methyl sites for hydroxylation is 1. The number of benzene rings is 1. The first-order valence-electron chi connectivity index (χ1n) is 11.9. The van der Waals surface area contributed by atoms with Crippen molar-refractivity contribution in [3.8, 4) is 11.8 Å². The van der Waals surface area contributed by atoms with Gasteiger partial charge >= 0.3 is 0 Å². The molecule has 0 aromatic heterocycles. The predicted molar refractivity (Wildman–Crippen MR) is 118 cm³/mol. The molecule has 2 heterocycles. The largest absolute Gasteiger partial charge is 0.302 e. The van der Waals surface area contributed by atoms with Gasteiger partial charge in [-0.25, -0.2) is 0 Å². The lowest BCUT2D eigenvalue weighted by molar-refractivity contribution is 0.119. The SMILES string of the molecule is C(#C[C@H](C1CCCCC1)N1CCC[C@H]1CN1CCCC1)CCc1ccccc1. The molecule has 28 heavy (non-hydrogen) atoms. The Morgan fingerprint density at radius 1 is 0.857 bits per heavy atom. The van der Waals surface area contributed by atoms with Gasteiger partial charge < -0.3 is 4.90 Å². The van der Waals surface area contributed by atoms with Crippen molar-refractivity contribution in [2.75, 3.05) is 26.2 Å². The second kappa shape index (κ2) is 10.5. The predicted octanol–water partition coefficient (Wildman–Crippen LogP) is 5.13. The van der Waals surface area contributed by atoms with Crippen LogP contribution in [0.5, 0.6) is 0 Å². The van der Waals surface area contributed by atoms with Gasteiger partial charge in [-0.3, -0.25) is 4.90 Å². The van der Waals surface area contributed by atoms with Gasteiger partial charge in [0.25, 0.3) is 0 Å². The van der Waals surface area contributed by atoms with Crippen LogP contribution in [0.15, 0.2) is 30.3 Å². The van der Waals surface area contributed by atoms with Gasteiger partial charge in [0, 0.05) is 19.0 Å². The Labute approximate surface area is 172 Å². The molecule has 1 aromatic rings. The number of likely N-dealkylation sites (tertiary alicyclic amines) is 2. The normalized spacial score (nSPS) is 25.5. The molecular formula is C26H38N2. The van der Waals surface area contributed by atoms with E-state index >= 15 is 0 Å². The summed E-state index contributed by atoms with van der Waals surface area (Å²) in [7, 11) is 0. The number of hydrogen-bond donors (Lipinski definition) is 0. The third-order valence-electron chi connectivity index (χ3n) is 7.18. The van der Waals surface area contributed by atoms with E-state index in [1.165, 1.54) is 89.5 Å². The molecule has 152 valence electrons. The quantitative estimate of drug-likeness (QED) is 0.633. The van der Waals surface area contributed by atoms with E-state index in [1.807, 2.05) is 0 Å². The van der Waals surface area contributed by atoms with Gasteiger partial charge in [-0.2, -0.15) is 0 Å². The van der Waals surface area contributed by atoms with Crippen LogP contribution in [-0.2, 0) is 6.42 Å².